The van der Waals surface area contributed by atoms with Crippen molar-refractivity contribution in [3.8, 4) is 5.75 Å². The summed E-state index contributed by atoms with van der Waals surface area (Å²) < 4.78 is 5.05. The van der Waals surface area contributed by atoms with Crippen LogP contribution in [0.1, 0.15) is 24.9 Å². The Bertz CT molecular complexity index is 590. The van der Waals surface area contributed by atoms with Crippen LogP contribution in [0.2, 0.25) is 0 Å². The van der Waals surface area contributed by atoms with E-state index in [9.17, 15) is 4.79 Å². The molecule has 1 atom stereocenters. The summed E-state index contributed by atoms with van der Waals surface area (Å²) in [7, 11) is 0. The van der Waals surface area contributed by atoms with Crippen LogP contribution in [0.3, 0.4) is 0 Å². The summed E-state index contributed by atoms with van der Waals surface area (Å²) in [5.41, 5.74) is 2.18. The highest BCUT2D eigenvalue weighted by Crippen LogP contribution is 2.25. The van der Waals surface area contributed by atoms with Crippen molar-refractivity contribution in [1.82, 2.24) is 0 Å². The van der Waals surface area contributed by atoms with E-state index in [2.05, 4.69) is 11.9 Å². The molecule has 3 nitrogen and oxygen atoms in total. The van der Waals surface area contributed by atoms with E-state index in [1.807, 2.05) is 48.5 Å². The van der Waals surface area contributed by atoms with Gasteiger partial charge >= 0.3 is 5.97 Å². The molecule has 21 heavy (non-hydrogen) atoms. The summed E-state index contributed by atoms with van der Waals surface area (Å²) in [5.74, 6) is 0.246. The van der Waals surface area contributed by atoms with Crippen molar-refractivity contribution in [2.75, 3.05) is 5.32 Å². The molecule has 0 amide bonds. The van der Waals surface area contributed by atoms with Crippen LogP contribution >= 0.6 is 0 Å². The fourth-order valence-electron chi connectivity index (χ4n) is 2.11. The normalized spacial score (nSPS) is 11.5. The summed E-state index contributed by atoms with van der Waals surface area (Å²) in [6.45, 7) is 5.21. The van der Waals surface area contributed by atoms with Crippen molar-refractivity contribution in [2.45, 2.75) is 19.4 Å². The number of ether oxygens (including phenoxy) is 1. The maximum absolute atomic E-state index is 10.9. The summed E-state index contributed by atoms with van der Waals surface area (Å²) in [4.78, 5) is 10.9. The first-order chi connectivity index (χ1) is 10.2. The minimum atomic E-state index is -0.312. The van der Waals surface area contributed by atoms with Crippen LogP contribution in [0, 0.1) is 0 Å². The van der Waals surface area contributed by atoms with Gasteiger partial charge in [0.05, 0.1) is 6.04 Å². The fraction of sp³-hybridized carbons (Fsp3) is 0.167. The van der Waals surface area contributed by atoms with Gasteiger partial charge in [-0.15, -0.1) is 6.58 Å². The van der Waals surface area contributed by atoms with E-state index in [1.54, 1.807) is 12.1 Å². The summed E-state index contributed by atoms with van der Waals surface area (Å²) >= 11 is 0. The van der Waals surface area contributed by atoms with Crippen LogP contribution < -0.4 is 10.1 Å². The van der Waals surface area contributed by atoms with Gasteiger partial charge in [0.2, 0.25) is 0 Å². The molecule has 0 fully saturated rings. The molecule has 0 radical (unpaired) electrons. The number of hydrogen-bond donors (Lipinski definition) is 1. The molecule has 0 aliphatic rings. The van der Waals surface area contributed by atoms with Gasteiger partial charge < -0.3 is 10.1 Å². The van der Waals surface area contributed by atoms with Gasteiger partial charge in [0, 0.05) is 12.6 Å². The average molecular weight is 281 g/mol. The zero-order chi connectivity index (χ0) is 15.1. The quantitative estimate of drug-likeness (QED) is 0.486. The van der Waals surface area contributed by atoms with Crippen molar-refractivity contribution >= 4 is 11.7 Å². The number of anilines is 1. The van der Waals surface area contributed by atoms with E-state index in [0.29, 0.717) is 5.75 Å². The molecular formula is C18H19NO2. The number of nitrogens with one attached hydrogen (secondary N) is 1. The van der Waals surface area contributed by atoms with Crippen molar-refractivity contribution in [1.29, 1.82) is 0 Å². The summed E-state index contributed by atoms with van der Waals surface area (Å²) in [5, 5.41) is 3.48. The van der Waals surface area contributed by atoms with Crippen molar-refractivity contribution < 1.29 is 9.53 Å². The molecular weight excluding hydrogens is 262 g/mol. The summed E-state index contributed by atoms with van der Waals surface area (Å²) in [6, 6.07) is 17.7. The van der Waals surface area contributed by atoms with Gasteiger partial charge in [0.25, 0.3) is 0 Å². The van der Waals surface area contributed by atoms with Gasteiger partial charge in [0.1, 0.15) is 5.75 Å². The molecule has 2 aromatic rings. The number of carbonyl (C=O) groups is 1. The SMILES string of the molecule is C=CCC(Nc1ccccc1)c1ccc(OC(C)=O)cc1. The van der Waals surface area contributed by atoms with Gasteiger partial charge in [-0.1, -0.05) is 36.4 Å². The van der Waals surface area contributed by atoms with Crippen LogP contribution in [0.5, 0.6) is 5.75 Å². The number of benzene rings is 2. The monoisotopic (exact) mass is 281 g/mol. The highest BCUT2D eigenvalue weighted by atomic mass is 16.5. The van der Waals surface area contributed by atoms with Gasteiger partial charge in [-0.05, 0) is 36.2 Å². The molecule has 0 spiro atoms. The topological polar surface area (TPSA) is 38.3 Å². The third-order valence-electron chi connectivity index (χ3n) is 3.06. The molecule has 0 aromatic heterocycles. The molecule has 0 aliphatic heterocycles. The lowest BCUT2D eigenvalue weighted by molar-refractivity contribution is -0.131. The molecule has 0 aliphatic carbocycles. The maximum Gasteiger partial charge on any atom is 0.308 e. The largest absolute Gasteiger partial charge is 0.427 e. The van der Waals surface area contributed by atoms with E-state index in [-0.39, 0.29) is 12.0 Å². The molecule has 0 saturated carbocycles. The Kier molecular flexibility index (Phi) is 5.16. The van der Waals surface area contributed by atoms with E-state index in [0.717, 1.165) is 17.7 Å². The second-order valence-corrected chi connectivity index (χ2v) is 4.75. The Labute approximate surface area is 125 Å². The van der Waals surface area contributed by atoms with E-state index in [4.69, 9.17) is 4.74 Å². The molecule has 108 valence electrons. The first-order valence-electron chi connectivity index (χ1n) is 6.90. The minimum Gasteiger partial charge on any atom is -0.427 e. The number of para-hydroxylation sites is 1. The third-order valence-corrected chi connectivity index (χ3v) is 3.06. The lowest BCUT2D eigenvalue weighted by Gasteiger charge is -2.19. The second kappa shape index (κ2) is 7.29. The number of carbonyl (C=O) groups excluding carboxylic acids is 1. The Morgan fingerprint density at radius 3 is 2.43 bits per heavy atom. The van der Waals surface area contributed by atoms with Crippen LogP contribution in [-0.4, -0.2) is 5.97 Å². The van der Waals surface area contributed by atoms with E-state index >= 15 is 0 Å². The highest BCUT2D eigenvalue weighted by molar-refractivity contribution is 5.69. The molecule has 1 unspecified atom stereocenters. The highest BCUT2D eigenvalue weighted by Gasteiger charge is 2.10. The lowest BCUT2D eigenvalue weighted by atomic mass is 10.0. The van der Waals surface area contributed by atoms with Crippen molar-refractivity contribution in [3.05, 3.63) is 72.8 Å². The predicted molar refractivity (Wildman–Crippen MR) is 85.4 cm³/mol. The van der Waals surface area contributed by atoms with Crippen LogP contribution in [0.15, 0.2) is 67.3 Å². The molecule has 3 heteroatoms. The van der Waals surface area contributed by atoms with Gasteiger partial charge in [0.15, 0.2) is 0 Å². The number of esters is 1. The Hall–Kier alpha value is -2.55. The van der Waals surface area contributed by atoms with Crippen molar-refractivity contribution in [3.63, 3.8) is 0 Å². The fourth-order valence-corrected chi connectivity index (χ4v) is 2.11. The first-order valence-corrected chi connectivity index (χ1v) is 6.90. The maximum atomic E-state index is 10.9. The standard InChI is InChI=1S/C18H19NO2/c1-3-7-18(19-16-8-5-4-6-9-16)15-10-12-17(13-11-15)21-14(2)20/h3-6,8-13,18-19H,1,7H2,2H3. The molecule has 0 bridgehead atoms. The third kappa shape index (κ3) is 4.49. The Morgan fingerprint density at radius 2 is 1.86 bits per heavy atom. The first kappa shape index (κ1) is 14.9. The van der Waals surface area contributed by atoms with Crippen LogP contribution in [-0.2, 0) is 4.79 Å². The van der Waals surface area contributed by atoms with E-state index in [1.165, 1.54) is 6.92 Å². The van der Waals surface area contributed by atoms with Crippen LogP contribution in [0.25, 0.3) is 0 Å². The molecule has 2 rings (SSSR count). The smallest absolute Gasteiger partial charge is 0.308 e. The van der Waals surface area contributed by atoms with Gasteiger partial charge in [-0.2, -0.15) is 0 Å². The molecule has 1 N–H and O–H groups in total. The molecule has 0 saturated heterocycles. The zero-order valence-corrected chi connectivity index (χ0v) is 12.1. The minimum absolute atomic E-state index is 0.135. The van der Waals surface area contributed by atoms with Crippen LogP contribution in [0.4, 0.5) is 5.69 Å². The molecule has 0 heterocycles. The van der Waals surface area contributed by atoms with Gasteiger partial charge in [-0.3, -0.25) is 4.79 Å². The predicted octanol–water partition coefficient (Wildman–Crippen LogP) is 4.34. The Morgan fingerprint density at radius 1 is 1.19 bits per heavy atom. The molecule has 2 aromatic carbocycles. The van der Waals surface area contributed by atoms with E-state index < -0.39 is 0 Å². The number of hydrogen-bond acceptors (Lipinski definition) is 3. The second-order valence-electron chi connectivity index (χ2n) is 4.75. The van der Waals surface area contributed by atoms with Gasteiger partial charge in [-0.25, -0.2) is 0 Å². The summed E-state index contributed by atoms with van der Waals surface area (Å²) in [6.07, 6.45) is 2.70. The zero-order valence-electron chi connectivity index (χ0n) is 12.1. The average Bonchev–Trinajstić information content (AvgIpc) is 2.48. The number of rotatable bonds is 6. The van der Waals surface area contributed by atoms with Crippen molar-refractivity contribution in [2.24, 2.45) is 0 Å². The lowest BCUT2D eigenvalue weighted by Crippen LogP contribution is -2.10. The Balaban J connectivity index is 2.14.